The molecule has 0 saturated heterocycles. The van der Waals surface area contributed by atoms with Crippen molar-refractivity contribution < 1.29 is 0 Å². The fourth-order valence-electron chi connectivity index (χ4n) is 0.591. The number of nitrogens with zero attached hydrogens (tertiary/aromatic N) is 2. The molecular weight excluding hydrogens is 150 g/mol. The molecule has 3 nitrogen and oxygen atoms in total. The van der Waals surface area contributed by atoms with Gasteiger partial charge in [-0.3, -0.25) is 0 Å². The second kappa shape index (κ2) is 3.37. The second-order valence-electron chi connectivity index (χ2n) is 1.77. The Hall–Kier alpha value is -0.830. The van der Waals surface area contributed by atoms with Gasteiger partial charge in [-0.25, -0.2) is 0 Å². The molecule has 1 N–H and O–H groups in total. The SMILES string of the molecule is CCNc1ccc(Cl)nn1. The molecule has 0 atom stereocenters. The predicted molar refractivity (Wildman–Crippen MR) is 41.2 cm³/mol. The molecule has 0 radical (unpaired) electrons. The Morgan fingerprint density at radius 2 is 2.30 bits per heavy atom. The zero-order valence-electron chi connectivity index (χ0n) is 5.63. The van der Waals surface area contributed by atoms with E-state index in [9.17, 15) is 0 Å². The first-order valence-electron chi connectivity index (χ1n) is 3.06. The highest BCUT2D eigenvalue weighted by atomic mass is 35.5. The molecule has 1 heterocycles. The molecule has 0 amide bonds. The zero-order valence-corrected chi connectivity index (χ0v) is 6.39. The van der Waals surface area contributed by atoms with Crippen molar-refractivity contribution >= 4 is 17.4 Å². The van der Waals surface area contributed by atoms with Crippen LogP contribution in [0, 0.1) is 0 Å². The van der Waals surface area contributed by atoms with E-state index in [4.69, 9.17) is 11.6 Å². The summed E-state index contributed by atoms with van der Waals surface area (Å²) in [7, 11) is 0. The maximum atomic E-state index is 5.51. The van der Waals surface area contributed by atoms with Crippen LogP contribution in [0.1, 0.15) is 6.92 Å². The molecule has 0 fully saturated rings. The van der Waals surface area contributed by atoms with Crippen molar-refractivity contribution in [3.05, 3.63) is 17.3 Å². The van der Waals surface area contributed by atoms with Crippen LogP contribution in [0.5, 0.6) is 0 Å². The third kappa shape index (κ3) is 1.84. The van der Waals surface area contributed by atoms with Crippen LogP contribution in [-0.2, 0) is 0 Å². The van der Waals surface area contributed by atoms with E-state index in [2.05, 4.69) is 15.5 Å². The van der Waals surface area contributed by atoms with Crippen molar-refractivity contribution in [1.82, 2.24) is 10.2 Å². The monoisotopic (exact) mass is 157 g/mol. The molecule has 0 unspecified atom stereocenters. The van der Waals surface area contributed by atoms with Gasteiger partial charge < -0.3 is 5.32 Å². The van der Waals surface area contributed by atoms with Crippen molar-refractivity contribution in [2.24, 2.45) is 0 Å². The van der Waals surface area contributed by atoms with Crippen LogP contribution in [-0.4, -0.2) is 16.7 Å². The molecule has 0 saturated carbocycles. The summed E-state index contributed by atoms with van der Waals surface area (Å²) in [6.45, 7) is 2.84. The molecule has 1 aromatic heterocycles. The minimum Gasteiger partial charge on any atom is -0.369 e. The first-order chi connectivity index (χ1) is 4.83. The fraction of sp³-hybridized carbons (Fsp3) is 0.333. The molecule has 1 aromatic rings. The number of hydrogen-bond acceptors (Lipinski definition) is 3. The summed E-state index contributed by atoms with van der Waals surface area (Å²) in [5, 5.41) is 10.8. The Morgan fingerprint density at radius 1 is 1.50 bits per heavy atom. The Morgan fingerprint density at radius 3 is 2.80 bits per heavy atom. The lowest BCUT2D eigenvalue weighted by molar-refractivity contribution is 1.01. The third-order valence-electron chi connectivity index (χ3n) is 0.990. The van der Waals surface area contributed by atoms with E-state index in [0.29, 0.717) is 5.15 Å². The summed E-state index contributed by atoms with van der Waals surface area (Å²) in [6.07, 6.45) is 0. The molecule has 0 aliphatic heterocycles. The highest BCUT2D eigenvalue weighted by Gasteiger charge is 1.90. The van der Waals surface area contributed by atoms with E-state index in [-0.39, 0.29) is 0 Å². The average molecular weight is 158 g/mol. The van der Waals surface area contributed by atoms with Gasteiger partial charge in [0.1, 0.15) is 5.82 Å². The molecule has 4 heteroatoms. The molecule has 0 aliphatic carbocycles. The Bertz CT molecular complexity index is 197. The van der Waals surface area contributed by atoms with Crippen LogP contribution in [0.15, 0.2) is 12.1 Å². The quantitative estimate of drug-likeness (QED) is 0.708. The predicted octanol–water partition coefficient (Wildman–Crippen LogP) is 1.56. The van der Waals surface area contributed by atoms with E-state index < -0.39 is 0 Å². The topological polar surface area (TPSA) is 37.8 Å². The van der Waals surface area contributed by atoms with E-state index in [1.54, 1.807) is 12.1 Å². The summed E-state index contributed by atoms with van der Waals surface area (Å²) in [5.41, 5.74) is 0. The molecular formula is C6H8ClN3. The Kier molecular flexibility index (Phi) is 2.45. The van der Waals surface area contributed by atoms with Crippen LogP contribution < -0.4 is 5.32 Å². The number of nitrogens with one attached hydrogen (secondary N) is 1. The van der Waals surface area contributed by atoms with Gasteiger partial charge in [0.05, 0.1) is 0 Å². The summed E-state index contributed by atoms with van der Waals surface area (Å²) in [4.78, 5) is 0. The molecule has 10 heavy (non-hydrogen) atoms. The molecule has 0 bridgehead atoms. The van der Waals surface area contributed by atoms with Gasteiger partial charge in [-0.05, 0) is 19.1 Å². The zero-order chi connectivity index (χ0) is 7.40. The lowest BCUT2D eigenvalue weighted by Crippen LogP contribution is -1.99. The standard InChI is InChI=1S/C6H8ClN3/c1-2-8-6-4-3-5(7)9-10-6/h3-4H,2H2,1H3,(H,8,10). The van der Waals surface area contributed by atoms with Crippen LogP contribution in [0.3, 0.4) is 0 Å². The van der Waals surface area contributed by atoms with Crippen molar-refractivity contribution in [3.8, 4) is 0 Å². The van der Waals surface area contributed by atoms with Gasteiger partial charge in [-0.15, -0.1) is 10.2 Å². The normalized spacial score (nSPS) is 9.40. The Labute approximate surface area is 64.4 Å². The lowest BCUT2D eigenvalue weighted by atomic mass is 10.5. The highest BCUT2D eigenvalue weighted by molar-refractivity contribution is 6.29. The van der Waals surface area contributed by atoms with Gasteiger partial charge in [0.15, 0.2) is 5.15 Å². The van der Waals surface area contributed by atoms with Crippen molar-refractivity contribution in [1.29, 1.82) is 0 Å². The first-order valence-corrected chi connectivity index (χ1v) is 3.44. The van der Waals surface area contributed by atoms with Crippen molar-refractivity contribution in [2.45, 2.75) is 6.92 Å². The van der Waals surface area contributed by atoms with Crippen LogP contribution in [0.25, 0.3) is 0 Å². The molecule has 54 valence electrons. The number of hydrogen-bond donors (Lipinski definition) is 1. The molecule has 1 rings (SSSR count). The van der Waals surface area contributed by atoms with Gasteiger partial charge in [0.25, 0.3) is 0 Å². The van der Waals surface area contributed by atoms with Gasteiger partial charge >= 0.3 is 0 Å². The maximum absolute atomic E-state index is 5.51. The molecule has 0 aromatic carbocycles. The van der Waals surface area contributed by atoms with Gasteiger partial charge in [0.2, 0.25) is 0 Å². The minimum atomic E-state index is 0.418. The van der Waals surface area contributed by atoms with Crippen LogP contribution >= 0.6 is 11.6 Å². The molecule has 0 spiro atoms. The minimum absolute atomic E-state index is 0.418. The second-order valence-corrected chi connectivity index (χ2v) is 2.16. The van der Waals surface area contributed by atoms with Crippen molar-refractivity contribution in [3.63, 3.8) is 0 Å². The average Bonchev–Trinajstić information content (AvgIpc) is 1.95. The van der Waals surface area contributed by atoms with Gasteiger partial charge in [-0.2, -0.15) is 0 Å². The van der Waals surface area contributed by atoms with E-state index in [0.717, 1.165) is 12.4 Å². The molecule has 0 aliphatic rings. The van der Waals surface area contributed by atoms with E-state index >= 15 is 0 Å². The lowest BCUT2D eigenvalue weighted by Gasteiger charge is -1.98. The van der Waals surface area contributed by atoms with E-state index in [1.165, 1.54) is 0 Å². The summed E-state index contributed by atoms with van der Waals surface area (Å²) >= 11 is 5.51. The third-order valence-corrected chi connectivity index (χ3v) is 1.19. The van der Waals surface area contributed by atoms with Gasteiger partial charge in [0, 0.05) is 6.54 Å². The number of anilines is 1. The smallest absolute Gasteiger partial charge is 0.151 e. The van der Waals surface area contributed by atoms with Gasteiger partial charge in [-0.1, -0.05) is 11.6 Å². The highest BCUT2D eigenvalue weighted by Crippen LogP contribution is 2.04. The Balaban J connectivity index is 2.69. The number of rotatable bonds is 2. The summed E-state index contributed by atoms with van der Waals surface area (Å²) in [5.74, 6) is 0.756. The van der Waals surface area contributed by atoms with Crippen LogP contribution in [0.2, 0.25) is 5.15 Å². The number of halogens is 1. The van der Waals surface area contributed by atoms with Crippen LogP contribution in [0.4, 0.5) is 5.82 Å². The van der Waals surface area contributed by atoms with Crippen molar-refractivity contribution in [2.75, 3.05) is 11.9 Å². The summed E-state index contributed by atoms with van der Waals surface area (Å²) < 4.78 is 0. The number of aromatic nitrogens is 2. The fourth-order valence-corrected chi connectivity index (χ4v) is 0.692. The van der Waals surface area contributed by atoms with E-state index in [1.807, 2.05) is 6.92 Å². The first kappa shape index (κ1) is 7.28. The largest absolute Gasteiger partial charge is 0.369 e. The summed E-state index contributed by atoms with van der Waals surface area (Å²) in [6, 6.07) is 3.49. The maximum Gasteiger partial charge on any atom is 0.151 e.